The maximum atomic E-state index is 11.4. The topological polar surface area (TPSA) is 101 Å². The Balaban J connectivity index is 2.72. The molecule has 0 heterocycles. The molecule has 0 aliphatic rings. The molecule has 0 atom stereocenters. The van der Waals surface area contributed by atoms with Crippen LogP contribution in [0.1, 0.15) is 12.0 Å². The quantitative estimate of drug-likeness (QED) is 0.503. The lowest BCUT2D eigenvalue weighted by atomic mass is 10.2. The number of carbonyl (C=O) groups excluding carboxylic acids is 2. The molecule has 102 valence electrons. The third kappa shape index (κ3) is 4.55. The van der Waals surface area contributed by atoms with Crippen LogP contribution in [0.2, 0.25) is 0 Å². The van der Waals surface area contributed by atoms with E-state index < -0.39 is 16.9 Å². The zero-order valence-electron chi connectivity index (χ0n) is 10.1. The molecule has 1 rings (SSSR count). The molecule has 0 fully saturated rings. The van der Waals surface area contributed by atoms with Gasteiger partial charge in [-0.15, -0.1) is 11.6 Å². The highest BCUT2D eigenvalue weighted by Crippen LogP contribution is 2.22. The number of hydrogen-bond donors (Lipinski definition) is 2. The van der Waals surface area contributed by atoms with E-state index in [4.69, 9.17) is 11.6 Å². The number of rotatable bonds is 4. The van der Waals surface area contributed by atoms with Crippen molar-refractivity contribution in [3.63, 3.8) is 0 Å². The van der Waals surface area contributed by atoms with E-state index in [1.807, 2.05) is 5.32 Å². The number of hydrogen-bond acceptors (Lipinski definition) is 4. The lowest BCUT2D eigenvalue weighted by Gasteiger charge is -2.06. The minimum atomic E-state index is -0.756. The zero-order valence-corrected chi connectivity index (χ0v) is 10.9. The van der Waals surface area contributed by atoms with E-state index in [0.29, 0.717) is 5.56 Å². The number of imide groups is 1. The summed E-state index contributed by atoms with van der Waals surface area (Å²) < 4.78 is 0. The molecule has 0 aliphatic carbocycles. The van der Waals surface area contributed by atoms with Crippen molar-refractivity contribution in [3.8, 4) is 0 Å². The fraction of sp³-hybridized carbons (Fsp3) is 0.273. The van der Waals surface area contributed by atoms with Gasteiger partial charge in [-0.3, -0.25) is 20.2 Å². The smallest absolute Gasteiger partial charge is 0.307 e. The SMILES string of the molecule is Cc1ccc(NC(=O)NC(=O)CCCl)cc1[N+](=O)[O-]. The van der Waals surface area contributed by atoms with Crippen molar-refractivity contribution in [2.45, 2.75) is 13.3 Å². The lowest BCUT2D eigenvalue weighted by molar-refractivity contribution is -0.385. The fourth-order valence-corrected chi connectivity index (χ4v) is 1.49. The van der Waals surface area contributed by atoms with Crippen molar-refractivity contribution >= 4 is 34.9 Å². The van der Waals surface area contributed by atoms with E-state index in [2.05, 4.69) is 5.32 Å². The number of carbonyl (C=O) groups is 2. The Bertz CT molecular complexity index is 519. The number of halogens is 1. The Hall–Kier alpha value is -2.15. The summed E-state index contributed by atoms with van der Waals surface area (Å²) in [5.74, 6) is -0.413. The number of benzene rings is 1. The standard InChI is InChI=1S/C11H12ClN3O4/c1-7-2-3-8(6-9(7)15(18)19)13-11(17)14-10(16)4-5-12/h2-3,6H,4-5H2,1H3,(H2,13,14,16,17). The van der Waals surface area contributed by atoms with Gasteiger partial charge < -0.3 is 5.32 Å². The average Bonchev–Trinajstić information content (AvgIpc) is 2.31. The van der Waals surface area contributed by atoms with Gasteiger partial charge in [0.05, 0.1) is 4.92 Å². The van der Waals surface area contributed by atoms with Crippen LogP contribution in [0.15, 0.2) is 18.2 Å². The van der Waals surface area contributed by atoms with Gasteiger partial charge in [-0.25, -0.2) is 4.79 Å². The molecule has 1 aromatic carbocycles. The molecule has 8 heteroatoms. The van der Waals surface area contributed by atoms with Gasteiger partial charge in [0.2, 0.25) is 5.91 Å². The van der Waals surface area contributed by atoms with Crippen molar-refractivity contribution in [2.75, 3.05) is 11.2 Å². The first-order valence-corrected chi connectivity index (χ1v) is 5.89. The van der Waals surface area contributed by atoms with Crippen LogP contribution in [-0.2, 0) is 4.79 Å². The van der Waals surface area contributed by atoms with Gasteiger partial charge in [0, 0.05) is 29.6 Å². The number of alkyl halides is 1. The molecule has 19 heavy (non-hydrogen) atoms. The van der Waals surface area contributed by atoms with Crippen molar-refractivity contribution < 1.29 is 14.5 Å². The van der Waals surface area contributed by atoms with Crippen LogP contribution in [0.25, 0.3) is 0 Å². The Morgan fingerprint density at radius 3 is 2.68 bits per heavy atom. The van der Waals surface area contributed by atoms with E-state index >= 15 is 0 Å². The van der Waals surface area contributed by atoms with Crippen LogP contribution in [0, 0.1) is 17.0 Å². The van der Waals surface area contributed by atoms with Crippen LogP contribution in [0.5, 0.6) is 0 Å². The highest BCUT2D eigenvalue weighted by molar-refractivity contribution is 6.19. The second-order valence-electron chi connectivity index (χ2n) is 3.70. The van der Waals surface area contributed by atoms with E-state index in [-0.39, 0.29) is 23.7 Å². The first-order valence-electron chi connectivity index (χ1n) is 5.36. The molecule has 0 saturated carbocycles. The molecule has 0 spiro atoms. The first kappa shape index (κ1) is 14.9. The zero-order chi connectivity index (χ0) is 14.4. The van der Waals surface area contributed by atoms with Crippen molar-refractivity contribution in [3.05, 3.63) is 33.9 Å². The third-order valence-corrected chi connectivity index (χ3v) is 2.43. The summed E-state index contributed by atoms with van der Waals surface area (Å²) in [6.45, 7) is 1.59. The van der Waals surface area contributed by atoms with Crippen molar-refractivity contribution in [1.82, 2.24) is 5.32 Å². The highest BCUT2D eigenvalue weighted by Gasteiger charge is 2.13. The number of amides is 3. The number of urea groups is 1. The van der Waals surface area contributed by atoms with Gasteiger partial charge in [-0.05, 0) is 13.0 Å². The van der Waals surface area contributed by atoms with Crippen LogP contribution >= 0.6 is 11.6 Å². The number of nitrogens with one attached hydrogen (secondary N) is 2. The first-order chi connectivity index (χ1) is 8.93. The maximum absolute atomic E-state index is 11.4. The lowest BCUT2D eigenvalue weighted by Crippen LogP contribution is -2.34. The van der Waals surface area contributed by atoms with Gasteiger partial charge in [-0.2, -0.15) is 0 Å². The molecule has 0 unspecified atom stereocenters. The van der Waals surface area contributed by atoms with Gasteiger partial charge in [-0.1, -0.05) is 6.07 Å². The number of nitro benzene ring substituents is 1. The highest BCUT2D eigenvalue weighted by atomic mass is 35.5. The number of aryl methyl sites for hydroxylation is 1. The normalized spacial score (nSPS) is 9.79. The Morgan fingerprint density at radius 2 is 2.11 bits per heavy atom. The molecule has 1 aromatic rings. The molecule has 2 N–H and O–H groups in total. The monoisotopic (exact) mass is 285 g/mol. The van der Waals surface area contributed by atoms with Gasteiger partial charge in [0.25, 0.3) is 5.69 Å². The predicted molar refractivity (Wildman–Crippen MR) is 70.3 cm³/mol. The van der Waals surface area contributed by atoms with Crippen LogP contribution in [-0.4, -0.2) is 22.7 Å². The summed E-state index contributed by atoms with van der Waals surface area (Å²) in [7, 11) is 0. The molecular weight excluding hydrogens is 274 g/mol. The minimum absolute atomic E-state index is 0.0169. The Labute approximate surface area is 114 Å². The summed E-state index contributed by atoms with van der Waals surface area (Å²) in [6.07, 6.45) is 0.0169. The van der Waals surface area contributed by atoms with E-state index in [1.165, 1.54) is 18.2 Å². The number of nitrogens with zero attached hydrogens (tertiary/aromatic N) is 1. The van der Waals surface area contributed by atoms with Crippen LogP contribution in [0.3, 0.4) is 0 Å². The minimum Gasteiger partial charge on any atom is -0.307 e. The van der Waals surface area contributed by atoms with Gasteiger partial charge in [0.1, 0.15) is 0 Å². The molecule has 0 saturated heterocycles. The molecule has 0 aliphatic heterocycles. The molecule has 0 radical (unpaired) electrons. The Morgan fingerprint density at radius 1 is 1.42 bits per heavy atom. The van der Waals surface area contributed by atoms with Gasteiger partial charge >= 0.3 is 6.03 Å². The molecule has 0 bridgehead atoms. The summed E-state index contributed by atoms with van der Waals surface area (Å²) >= 11 is 5.35. The summed E-state index contributed by atoms with van der Waals surface area (Å²) in [5, 5.41) is 15.1. The molecule has 3 amide bonds. The van der Waals surface area contributed by atoms with Crippen LogP contribution in [0.4, 0.5) is 16.2 Å². The van der Waals surface area contributed by atoms with Crippen molar-refractivity contribution in [2.24, 2.45) is 0 Å². The third-order valence-electron chi connectivity index (χ3n) is 2.24. The van der Waals surface area contributed by atoms with Gasteiger partial charge in [0.15, 0.2) is 0 Å². The van der Waals surface area contributed by atoms with E-state index in [0.717, 1.165) is 0 Å². The molecule has 0 aromatic heterocycles. The average molecular weight is 286 g/mol. The van der Waals surface area contributed by atoms with E-state index in [9.17, 15) is 19.7 Å². The maximum Gasteiger partial charge on any atom is 0.325 e. The Kier molecular flexibility index (Phi) is 5.25. The van der Waals surface area contributed by atoms with Crippen molar-refractivity contribution in [1.29, 1.82) is 0 Å². The number of nitro groups is 1. The summed E-state index contributed by atoms with van der Waals surface area (Å²) in [6, 6.07) is 3.48. The molecule has 7 nitrogen and oxygen atoms in total. The second-order valence-corrected chi connectivity index (χ2v) is 4.08. The summed E-state index contributed by atoms with van der Waals surface area (Å²) in [4.78, 5) is 32.7. The largest absolute Gasteiger partial charge is 0.325 e. The predicted octanol–water partition coefficient (Wildman–Crippen LogP) is 2.18. The van der Waals surface area contributed by atoms with E-state index in [1.54, 1.807) is 6.92 Å². The number of anilines is 1. The second kappa shape index (κ2) is 6.69. The van der Waals surface area contributed by atoms with Crippen LogP contribution < -0.4 is 10.6 Å². The molecular formula is C11H12ClN3O4. The summed E-state index contributed by atoms with van der Waals surface area (Å²) in [5.41, 5.74) is 0.604. The fourth-order valence-electron chi connectivity index (χ4n) is 1.32.